The number of ether oxygens (including phenoxy) is 2. The number of urea groups is 1. The van der Waals surface area contributed by atoms with Crippen LogP contribution in [0.3, 0.4) is 0 Å². The van der Waals surface area contributed by atoms with Crippen molar-refractivity contribution in [2.75, 3.05) is 31.4 Å². The molecule has 0 atom stereocenters. The van der Waals surface area contributed by atoms with Gasteiger partial charge in [0.2, 0.25) is 5.91 Å². The Morgan fingerprint density at radius 1 is 0.885 bits per heavy atom. The summed E-state index contributed by atoms with van der Waals surface area (Å²) in [5.41, 5.74) is 2.35. The quantitative estimate of drug-likeness (QED) is 0.711. The van der Waals surface area contributed by atoms with Crippen molar-refractivity contribution in [3.8, 4) is 11.5 Å². The summed E-state index contributed by atoms with van der Waals surface area (Å²) in [6.07, 6.45) is 0.662. The smallest absolute Gasteiger partial charge is 0.319 e. The van der Waals surface area contributed by atoms with E-state index in [2.05, 4.69) is 16.0 Å². The molecule has 3 amide bonds. The van der Waals surface area contributed by atoms with Gasteiger partial charge in [-0.25, -0.2) is 4.79 Å². The van der Waals surface area contributed by atoms with Gasteiger partial charge < -0.3 is 25.4 Å². The molecule has 0 aromatic heterocycles. The Hall–Kier alpha value is -3.22. The number of anilines is 2. The number of carbonyl (C=O) groups is 2. The fourth-order valence-corrected chi connectivity index (χ4v) is 2.37. The summed E-state index contributed by atoms with van der Waals surface area (Å²) in [5.74, 6) is 1.19. The van der Waals surface area contributed by atoms with Gasteiger partial charge in [0.05, 0.1) is 14.2 Å². The molecule has 7 heteroatoms. The summed E-state index contributed by atoms with van der Waals surface area (Å²) in [5, 5.41) is 8.21. The second-order valence-electron chi connectivity index (χ2n) is 5.58. The Morgan fingerprint density at radius 2 is 1.50 bits per heavy atom. The first-order valence-electron chi connectivity index (χ1n) is 8.15. The van der Waals surface area contributed by atoms with E-state index in [-0.39, 0.29) is 11.9 Å². The highest BCUT2D eigenvalue weighted by molar-refractivity contribution is 5.91. The SMILES string of the molecule is COc1ccc(CCNC(=O)Nc2ccc(NC(C)=O)cc2)cc1OC. The Balaban J connectivity index is 1.81. The van der Waals surface area contributed by atoms with E-state index < -0.39 is 0 Å². The van der Waals surface area contributed by atoms with Crippen molar-refractivity contribution in [3.05, 3.63) is 48.0 Å². The number of hydrogen-bond donors (Lipinski definition) is 3. The van der Waals surface area contributed by atoms with Gasteiger partial charge in [0, 0.05) is 24.8 Å². The molecular formula is C19H23N3O4. The molecular weight excluding hydrogens is 334 g/mol. The number of nitrogens with one attached hydrogen (secondary N) is 3. The van der Waals surface area contributed by atoms with Crippen molar-refractivity contribution in [2.24, 2.45) is 0 Å². The monoisotopic (exact) mass is 357 g/mol. The lowest BCUT2D eigenvalue weighted by Gasteiger charge is -2.11. The van der Waals surface area contributed by atoms with E-state index in [1.165, 1.54) is 6.92 Å². The highest BCUT2D eigenvalue weighted by Crippen LogP contribution is 2.27. The highest BCUT2D eigenvalue weighted by atomic mass is 16.5. The van der Waals surface area contributed by atoms with Crippen LogP contribution in [0.5, 0.6) is 11.5 Å². The van der Waals surface area contributed by atoms with Gasteiger partial charge in [0.15, 0.2) is 11.5 Å². The van der Waals surface area contributed by atoms with Crippen LogP contribution in [-0.4, -0.2) is 32.7 Å². The summed E-state index contributed by atoms with van der Waals surface area (Å²) >= 11 is 0. The van der Waals surface area contributed by atoms with Crippen molar-refractivity contribution < 1.29 is 19.1 Å². The average Bonchev–Trinajstić information content (AvgIpc) is 2.62. The van der Waals surface area contributed by atoms with E-state index in [1.807, 2.05) is 18.2 Å². The molecule has 0 saturated heterocycles. The van der Waals surface area contributed by atoms with Crippen LogP contribution in [-0.2, 0) is 11.2 Å². The van der Waals surface area contributed by atoms with Crippen molar-refractivity contribution in [1.29, 1.82) is 0 Å². The van der Waals surface area contributed by atoms with Crippen LogP contribution < -0.4 is 25.4 Å². The van der Waals surface area contributed by atoms with Gasteiger partial charge in [-0.15, -0.1) is 0 Å². The molecule has 26 heavy (non-hydrogen) atoms. The lowest BCUT2D eigenvalue weighted by atomic mass is 10.1. The minimum absolute atomic E-state index is 0.140. The third-order valence-electron chi connectivity index (χ3n) is 3.61. The van der Waals surface area contributed by atoms with Crippen molar-refractivity contribution in [1.82, 2.24) is 5.32 Å². The molecule has 0 bridgehead atoms. The Labute approximate surface area is 152 Å². The molecule has 2 aromatic rings. The lowest BCUT2D eigenvalue weighted by Crippen LogP contribution is -2.30. The van der Waals surface area contributed by atoms with Crippen molar-refractivity contribution in [2.45, 2.75) is 13.3 Å². The summed E-state index contributed by atoms with van der Waals surface area (Å²) in [4.78, 5) is 22.9. The maximum atomic E-state index is 12.0. The van der Waals surface area contributed by atoms with Crippen LogP contribution in [0.15, 0.2) is 42.5 Å². The fourth-order valence-electron chi connectivity index (χ4n) is 2.37. The number of benzene rings is 2. The van der Waals surface area contributed by atoms with Gasteiger partial charge in [0.1, 0.15) is 0 Å². The second kappa shape index (κ2) is 9.31. The molecule has 0 radical (unpaired) electrons. The van der Waals surface area contributed by atoms with E-state index in [0.717, 1.165) is 5.56 Å². The number of hydrogen-bond acceptors (Lipinski definition) is 4. The highest BCUT2D eigenvalue weighted by Gasteiger charge is 2.06. The minimum atomic E-state index is -0.294. The van der Waals surface area contributed by atoms with E-state index in [1.54, 1.807) is 38.5 Å². The zero-order valence-corrected chi connectivity index (χ0v) is 15.1. The predicted octanol–water partition coefficient (Wildman–Crippen LogP) is 3.03. The first kappa shape index (κ1) is 19.1. The van der Waals surface area contributed by atoms with E-state index in [9.17, 15) is 9.59 Å². The van der Waals surface area contributed by atoms with Crippen LogP contribution in [0, 0.1) is 0 Å². The maximum Gasteiger partial charge on any atom is 0.319 e. The largest absolute Gasteiger partial charge is 0.493 e. The number of carbonyl (C=O) groups excluding carboxylic acids is 2. The second-order valence-corrected chi connectivity index (χ2v) is 5.58. The van der Waals surface area contributed by atoms with Crippen LogP contribution in [0.4, 0.5) is 16.2 Å². The van der Waals surface area contributed by atoms with Crippen LogP contribution in [0.25, 0.3) is 0 Å². The lowest BCUT2D eigenvalue weighted by molar-refractivity contribution is -0.114. The normalized spacial score (nSPS) is 9.96. The third-order valence-corrected chi connectivity index (χ3v) is 3.61. The Kier molecular flexibility index (Phi) is 6.84. The number of methoxy groups -OCH3 is 2. The third kappa shape index (κ3) is 5.70. The van der Waals surface area contributed by atoms with Gasteiger partial charge in [-0.05, 0) is 48.4 Å². The molecule has 0 fully saturated rings. The van der Waals surface area contributed by atoms with Gasteiger partial charge in [-0.1, -0.05) is 6.07 Å². The van der Waals surface area contributed by atoms with E-state index in [0.29, 0.717) is 35.8 Å². The molecule has 2 rings (SSSR count). The zero-order chi connectivity index (χ0) is 18.9. The number of amides is 3. The van der Waals surface area contributed by atoms with E-state index >= 15 is 0 Å². The summed E-state index contributed by atoms with van der Waals surface area (Å²) in [6, 6.07) is 12.3. The number of rotatable bonds is 7. The molecule has 0 spiro atoms. The average molecular weight is 357 g/mol. The molecule has 0 saturated carbocycles. The molecule has 0 aliphatic rings. The van der Waals surface area contributed by atoms with Gasteiger partial charge in [-0.3, -0.25) is 4.79 Å². The molecule has 0 heterocycles. The van der Waals surface area contributed by atoms with E-state index in [4.69, 9.17) is 9.47 Å². The Morgan fingerprint density at radius 3 is 2.08 bits per heavy atom. The van der Waals surface area contributed by atoms with Crippen LogP contribution >= 0.6 is 0 Å². The summed E-state index contributed by atoms with van der Waals surface area (Å²) in [6.45, 7) is 1.92. The molecule has 138 valence electrons. The zero-order valence-electron chi connectivity index (χ0n) is 15.1. The first-order chi connectivity index (χ1) is 12.5. The summed E-state index contributed by atoms with van der Waals surface area (Å²) < 4.78 is 10.5. The molecule has 3 N–H and O–H groups in total. The molecule has 2 aromatic carbocycles. The van der Waals surface area contributed by atoms with Crippen molar-refractivity contribution >= 4 is 23.3 Å². The first-order valence-corrected chi connectivity index (χ1v) is 8.15. The fraction of sp³-hybridized carbons (Fsp3) is 0.263. The van der Waals surface area contributed by atoms with Crippen LogP contribution in [0.2, 0.25) is 0 Å². The topological polar surface area (TPSA) is 88.7 Å². The molecule has 0 aliphatic heterocycles. The summed E-state index contributed by atoms with van der Waals surface area (Å²) in [7, 11) is 3.18. The standard InChI is InChI=1S/C19H23N3O4/c1-13(23)21-15-5-7-16(8-6-15)22-19(24)20-11-10-14-4-9-17(25-2)18(12-14)26-3/h4-9,12H,10-11H2,1-3H3,(H,21,23)(H2,20,22,24). The molecule has 0 unspecified atom stereocenters. The van der Waals surface area contributed by atoms with Gasteiger partial charge >= 0.3 is 6.03 Å². The molecule has 0 aliphatic carbocycles. The predicted molar refractivity (Wildman–Crippen MR) is 101 cm³/mol. The minimum Gasteiger partial charge on any atom is -0.493 e. The van der Waals surface area contributed by atoms with Crippen molar-refractivity contribution in [3.63, 3.8) is 0 Å². The molecule has 7 nitrogen and oxygen atoms in total. The van der Waals surface area contributed by atoms with Crippen LogP contribution in [0.1, 0.15) is 12.5 Å². The van der Waals surface area contributed by atoms with Gasteiger partial charge in [0.25, 0.3) is 0 Å². The Bertz CT molecular complexity index is 760. The maximum absolute atomic E-state index is 12.0. The van der Waals surface area contributed by atoms with Gasteiger partial charge in [-0.2, -0.15) is 0 Å².